The fourth-order valence-corrected chi connectivity index (χ4v) is 4.73. The molecule has 2 heterocycles. The zero-order chi connectivity index (χ0) is 21.6. The topological polar surface area (TPSA) is 57.7 Å². The Balaban J connectivity index is 1.26. The van der Waals surface area contributed by atoms with Crippen LogP contribution in [0, 0.1) is 6.92 Å². The zero-order valence-electron chi connectivity index (χ0n) is 18.0. The maximum Gasteiger partial charge on any atom is 0.240 e. The van der Waals surface area contributed by atoms with E-state index < -0.39 is 0 Å². The summed E-state index contributed by atoms with van der Waals surface area (Å²) in [5, 5.41) is 3.63. The maximum atomic E-state index is 12.5. The SMILES string of the molecule is COc1ccccc1N1CCN(CC(=O)Nc2ncc(Cc3cccc(C)c3)s2)CC1. The van der Waals surface area contributed by atoms with Gasteiger partial charge in [-0.25, -0.2) is 4.98 Å². The Kier molecular flexibility index (Phi) is 6.84. The molecule has 1 aromatic heterocycles. The summed E-state index contributed by atoms with van der Waals surface area (Å²) in [6, 6.07) is 16.5. The molecule has 0 unspecified atom stereocenters. The molecular weight excluding hydrogens is 408 g/mol. The lowest BCUT2D eigenvalue weighted by Crippen LogP contribution is -2.48. The summed E-state index contributed by atoms with van der Waals surface area (Å²) in [7, 11) is 1.70. The van der Waals surface area contributed by atoms with Crippen LogP contribution < -0.4 is 15.0 Å². The number of hydrogen-bond donors (Lipinski definition) is 1. The normalized spacial score (nSPS) is 14.5. The van der Waals surface area contributed by atoms with E-state index in [0.29, 0.717) is 11.7 Å². The lowest BCUT2D eigenvalue weighted by molar-refractivity contribution is -0.117. The summed E-state index contributed by atoms with van der Waals surface area (Å²) >= 11 is 1.54. The van der Waals surface area contributed by atoms with Crippen LogP contribution in [0.3, 0.4) is 0 Å². The first-order valence-corrected chi connectivity index (χ1v) is 11.3. The van der Waals surface area contributed by atoms with Crippen LogP contribution in [0.4, 0.5) is 10.8 Å². The van der Waals surface area contributed by atoms with Crippen LogP contribution in [0.5, 0.6) is 5.75 Å². The van der Waals surface area contributed by atoms with Crippen molar-refractivity contribution in [1.82, 2.24) is 9.88 Å². The molecule has 31 heavy (non-hydrogen) atoms. The van der Waals surface area contributed by atoms with Crippen molar-refractivity contribution in [1.29, 1.82) is 0 Å². The van der Waals surface area contributed by atoms with Crippen LogP contribution in [-0.4, -0.2) is 55.6 Å². The minimum Gasteiger partial charge on any atom is -0.495 e. The molecule has 162 valence electrons. The van der Waals surface area contributed by atoms with E-state index in [1.165, 1.54) is 11.1 Å². The van der Waals surface area contributed by atoms with Gasteiger partial charge < -0.3 is 15.0 Å². The average molecular weight is 437 g/mol. The Bertz CT molecular complexity index is 1030. The molecule has 1 aliphatic heterocycles. The first-order chi connectivity index (χ1) is 15.1. The maximum absolute atomic E-state index is 12.5. The van der Waals surface area contributed by atoms with Gasteiger partial charge in [-0.05, 0) is 24.6 Å². The number of anilines is 2. The zero-order valence-corrected chi connectivity index (χ0v) is 18.8. The van der Waals surface area contributed by atoms with Crippen molar-refractivity contribution >= 4 is 28.1 Å². The first-order valence-electron chi connectivity index (χ1n) is 10.5. The molecule has 0 aliphatic carbocycles. The van der Waals surface area contributed by atoms with Crippen LogP contribution >= 0.6 is 11.3 Å². The highest BCUT2D eigenvalue weighted by Crippen LogP contribution is 2.28. The van der Waals surface area contributed by atoms with E-state index >= 15 is 0 Å². The molecule has 0 atom stereocenters. The highest BCUT2D eigenvalue weighted by molar-refractivity contribution is 7.15. The summed E-state index contributed by atoms with van der Waals surface area (Å²) in [6.07, 6.45) is 2.69. The third-order valence-electron chi connectivity index (χ3n) is 5.43. The second kappa shape index (κ2) is 9.94. The van der Waals surface area contributed by atoms with Crippen molar-refractivity contribution in [2.24, 2.45) is 0 Å². The number of ether oxygens (including phenoxy) is 1. The van der Waals surface area contributed by atoms with Gasteiger partial charge >= 0.3 is 0 Å². The predicted octanol–water partition coefficient (Wildman–Crippen LogP) is 3.81. The number of rotatable bonds is 7. The largest absolute Gasteiger partial charge is 0.495 e. The number of carbonyl (C=O) groups excluding carboxylic acids is 1. The molecule has 0 saturated carbocycles. The van der Waals surface area contributed by atoms with Gasteiger partial charge in [-0.2, -0.15) is 0 Å². The Labute approximate surface area is 187 Å². The van der Waals surface area contributed by atoms with Crippen LogP contribution in [0.2, 0.25) is 0 Å². The van der Waals surface area contributed by atoms with Gasteiger partial charge in [0.05, 0.1) is 19.3 Å². The number of para-hydroxylation sites is 2. The molecule has 6 nitrogen and oxygen atoms in total. The molecule has 3 aromatic rings. The molecule has 4 rings (SSSR count). The number of methoxy groups -OCH3 is 1. The summed E-state index contributed by atoms with van der Waals surface area (Å²) < 4.78 is 5.48. The average Bonchev–Trinajstić information content (AvgIpc) is 3.20. The first kappa shape index (κ1) is 21.3. The third-order valence-corrected chi connectivity index (χ3v) is 6.34. The van der Waals surface area contributed by atoms with Crippen molar-refractivity contribution in [3.05, 3.63) is 70.7 Å². The van der Waals surface area contributed by atoms with Crippen molar-refractivity contribution in [3.63, 3.8) is 0 Å². The summed E-state index contributed by atoms with van der Waals surface area (Å²) in [5.74, 6) is 0.876. The fourth-order valence-electron chi connectivity index (χ4n) is 3.87. The summed E-state index contributed by atoms with van der Waals surface area (Å²) in [5.41, 5.74) is 3.62. The van der Waals surface area contributed by atoms with E-state index in [4.69, 9.17) is 4.74 Å². The van der Waals surface area contributed by atoms with E-state index in [0.717, 1.165) is 48.9 Å². The van der Waals surface area contributed by atoms with Gasteiger partial charge in [-0.1, -0.05) is 42.0 Å². The second-order valence-electron chi connectivity index (χ2n) is 7.78. The Morgan fingerprint density at radius 2 is 1.94 bits per heavy atom. The molecule has 2 aromatic carbocycles. The van der Waals surface area contributed by atoms with E-state index in [9.17, 15) is 4.79 Å². The van der Waals surface area contributed by atoms with Crippen LogP contribution in [-0.2, 0) is 11.2 Å². The Morgan fingerprint density at radius 1 is 1.13 bits per heavy atom. The van der Waals surface area contributed by atoms with E-state index in [1.807, 2.05) is 24.4 Å². The quantitative estimate of drug-likeness (QED) is 0.610. The number of piperazine rings is 1. The van der Waals surface area contributed by atoms with Gasteiger partial charge in [-0.3, -0.25) is 9.69 Å². The van der Waals surface area contributed by atoms with E-state index in [-0.39, 0.29) is 5.91 Å². The molecule has 0 bridgehead atoms. The van der Waals surface area contributed by atoms with Crippen molar-refractivity contribution in [3.8, 4) is 5.75 Å². The van der Waals surface area contributed by atoms with Gasteiger partial charge in [-0.15, -0.1) is 11.3 Å². The molecular formula is C24H28N4O2S. The lowest BCUT2D eigenvalue weighted by Gasteiger charge is -2.36. The Hall–Kier alpha value is -2.90. The van der Waals surface area contributed by atoms with Crippen LogP contribution in [0.1, 0.15) is 16.0 Å². The van der Waals surface area contributed by atoms with E-state index in [1.54, 1.807) is 18.4 Å². The van der Waals surface area contributed by atoms with Crippen LogP contribution in [0.25, 0.3) is 0 Å². The molecule has 1 amide bonds. The van der Waals surface area contributed by atoms with Crippen molar-refractivity contribution in [2.75, 3.05) is 50.1 Å². The van der Waals surface area contributed by atoms with Gasteiger partial charge in [0.2, 0.25) is 5.91 Å². The van der Waals surface area contributed by atoms with E-state index in [2.05, 4.69) is 57.4 Å². The number of carbonyl (C=O) groups is 1. The summed E-state index contributed by atoms with van der Waals surface area (Å²) in [4.78, 5) is 22.5. The van der Waals surface area contributed by atoms with Gasteiger partial charge in [0.25, 0.3) is 0 Å². The molecule has 1 aliphatic rings. The number of aryl methyl sites for hydroxylation is 1. The monoisotopic (exact) mass is 436 g/mol. The van der Waals surface area contributed by atoms with Gasteiger partial charge in [0.1, 0.15) is 5.75 Å². The lowest BCUT2D eigenvalue weighted by atomic mass is 10.1. The fraction of sp³-hybridized carbons (Fsp3) is 0.333. The second-order valence-corrected chi connectivity index (χ2v) is 8.90. The number of thiazole rings is 1. The molecule has 1 N–H and O–H groups in total. The molecule has 1 fully saturated rings. The number of amides is 1. The van der Waals surface area contributed by atoms with Crippen molar-refractivity contribution in [2.45, 2.75) is 13.3 Å². The highest BCUT2D eigenvalue weighted by Gasteiger charge is 2.21. The number of benzene rings is 2. The highest BCUT2D eigenvalue weighted by atomic mass is 32.1. The molecule has 1 saturated heterocycles. The minimum atomic E-state index is -0.0119. The number of nitrogens with zero attached hydrogens (tertiary/aromatic N) is 3. The van der Waals surface area contributed by atoms with Crippen LogP contribution in [0.15, 0.2) is 54.7 Å². The molecule has 0 spiro atoms. The number of aromatic nitrogens is 1. The van der Waals surface area contributed by atoms with Gasteiger partial charge in [0, 0.05) is 43.7 Å². The minimum absolute atomic E-state index is 0.0119. The number of nitrogens with one attached hydrogen (secondary N) is 1. The number of hydrogen-bond acceptors (Lipinski definition) is 6. The molecule has 7 heteroatoms. The Morgan fingerprint density at radius 3 is 2.71 bits per heavy atom. The molecule has 0 radical (unpaired) electrons. The predicted molar refractivity (Wildman–Crippen MR) is 126 cm³/mol. The third kappa shape index (κ3) is 5.62. The summed E-state index contributed by atoms with van der Waals surface area (Å²) in [6.45, 7) is 5.88. The standard InChI is InChI=1S/C24H28N4O2S/c1-18-6-5-7-19(14-18)15-20-16-25-24(31-20)26-23(29)17-27-10-12-28(13-11-27)21-8-3-4-9-22(21)30-2/h3-9,14,16H,10-13,15,17H2,1-2H3,(H,25,26,29). The van der Waals surface area contributed by atoms with Crippen molar-refractivity contribution < 1.29 is 9.53 Å². The smallest absolute Gasteiger partial charge is 0.240 e. The van der Waals surface area contributed by atoms with Gasteiger partial charge in [0.15, 0.2) is 5.13 Å².